The van der Waals surface area contributed by atoms with Gasteiger partial charge in [-0.05, 0) is 92.6 Å². The van der Waals surface area contributed by atoms with E-state index < -0.39 is 11.7 Å². The summed E-state index contributed by atoms with van der Waals surface area (Å²) in [6.07, 6.45) is 14.1. The van der Waals surface area contributed by atoms with E-state index >= 15 is 0 Å². The van der Waals surface area contributed by atoms with E-state index in [1.807, 2.05) is 0 Å². The Morgan fingerprint density at radius 3 is 2.46 bits per heavy atom. The summed E-state index contributed by atoms with van der Waals surface area (Å²) in [5, 5.41) is 10.0. The number of rotatable bonds is 5. The van der Waals surface area contributed by atoms with Gasteiger partial charge in [0.2, 0.25) is 0 Å². The van der Waals surface area contributed by atoms with E-state index in [9.17, 15) is 14.7 Å². The molecule has 4 aliphatic rings. The van der Waals surface area contributed by atoms with Crippen LogP contribution in [0.25, 0.3) is 0 Å². The minimum atomic E-state index is -0.932. The molecule has 4 rings (SSSR count). The summed E-state index contributed by atoms with van der Waals surface area (Å²) >= 11 is 0. The Morgan fingerprint density at radius 2 is 1.84 bits per heavy atom. The van der Waals surface area contributed by atoms with Gasteiger partial charge in [0, 0.05) is 33.1 Å². The van der Waals surface area contributed by atoms with Crippen LogP contribution in [0.4, 0.5) is 0 Å². The average Bonchev–Trinajstić information content (AvgIpc) is 3.45. The SMILES string of the molecule is C=C1/C(=C\C=C2/CCC[C@@]3(C)C2CCC3C2(CC#CC(C)(C)O)CC2)CC(OC(C)=O)C[C@@H]1OC(C)=O. The van der Waals surface area contributed by atoms with Crippen LogP contribution in [0, 0.1) is 34.5 Å². The quantitative estimate of drug-likeness (QED) is 0.353. The van der Waals surface area contributed by atoms with Gasteiger partial charge in [0.15, 0.2) is 0 Å². The van der Waals surface area contributed by atoms with Gasteiger partial charge in [-0.2, -0.15) is 0 Å². The van der Waals surface area contributed by atoms with Crippen molar-refractivity contribution in [3.8, 4) is 11.8 Å². The van der Waals surface area contributed by atoms with Crippen molar-refractivity contribution in [1.29, 1.82) is 0 Å². The number of fused-ring (bicyclic) bond motifs is 1. The predicted molar refractivity (Wildman–Crippen MR) is 144 cm³/mol. The molecule has 1 N–H and O–H groups in total. The maximum Gasteiger partial charge on any atom is 0.303 e. The first-order chi connectivity index (χ1) is 17.3. The van der Waals surface area contributed by atoms with E-state index in [4.69, 9.17) is 9.47 Å². The fraction of sp³-hybridized carbons (Fsp3) is 0.688. The zero-order chi connectivity index (χ0) is 27.0. The monoisotopic (exact) mass is 508 g/mol. The number of hydrogen-bond acceptors (Lipinski definition) is 5. The molecule has 0 radical (unpaired) electrons. The standard InChI is InChI=1S/C32H44O5/c1-21-25(19-26(36-22(2)33)20-28(21)37-23(3)34)11-10-24-9-7-15-31(6)27(24)12-13-29(31)32(17-18-32)16-8-14-30(4,5)35/h10-11,26-29,35H,1,7,9,12-13,15-20H2,2-6H3/b24-10+,25-11-/t26?,27?,28-,29?,31-/m0/s1. The number of hydrogen-bond donors (Lipinski definition) is 1. The molecule has 4 saturated carbocycles. The van der Waals surface area contributed by atoms with Crippen LogP contribution < -0.4 is 0 Å². The van der Waals surface area contributed by atoms with Crippen LogP contribution in [-0.2, 0) is 19.1 Å². The smallest absolute Gasteiger partial charge is 0.303 e. The van der Waals surface area contributed by atoms with Crippen molar-refractivity contribution >= 4 is 11.9 Å². The van der Waals surface area contributed by atoms with Crippen molar-refractivity contribution < 1.29 is 24.2 Å². The van der Waals surface area contributed by atoms with Crippen molar-refractivity contribution in [1.82, 2.24) is 0 Å². The highest BCUT2D eigenvalue weighted by Crippen LogP contribution is 2.69. The molecule has 4 aliphatic carbocycles. The summed E-state index contributed by atoms with van der Waals surface area (Å²) in [7, 11) is 0. The highest BCUT2D eigenvalue weighted by molar-refractivity contribution is 5.67. The molecule has 5 nitrogen and oxygen atoms in total. The van der Waals surface area contributed by atoms with Gasteiger partial charge in [-0.1, -0.05) is 43.1 Å². The summed E-state index contributed by atoms with van der Waals surface area (Å²) in [5.74, 6) is 6.93. The summed E-state index contributed by atoms with van der Waals surface area (Å²) in [6.45, 7) is 13.1. The van der Waals surface area contributed by atoms with Gasteiger partial charge in [-0.15, -0.1) is 0 Å². The molecule has 5 atom stereocenters. The Morgan fingerprint density at radius 1 is 1.14 bits per heavy atom. The molecule has 0 aliphatic heterocycles. The average molecular weight is 509 g/mol. The molecule has 37 heavy (non-hydrogen) atoms. The van der Waals surface area contributed by atoms with Crippen molar-refractivity contribution in [2.24, 2.45) is 22.7 Å². The molecular weight excluding hydrogens is 464 g/mol. The van der Waals surface area contributed by atoms with Crippen LogP contribution in [0.3, 0.4) is 0 Å². The maximum atomic E-state index is 11.7. The lowest BCUT2D eigenvalue weighted by Crippen LogP contribution is -2.37. The van der Waals surface area contributed by atoms with Crippen LogP contribution in [0.15, 0.2) is 35.5 Å². The third-order valence-electron chi connectivity index (χ3n) is 9.30. The van der Waals surface area contributed by atoms with Crippen molar-refractivity contribution in [3.63, 3.8) is 0 Å². The highest BCUT2D eigenvalue weighted by Gasteiger charge is 2.60. The first-order valence-corrected chi connectivity index (χ1v) is 14.0. The molecule has 0 spiro atoms. The molecule has 5 heteroatoms. The van der Waals surface area contributed by atoms with E-state index in [-0.39, 0.29) is 23.5 Å². The fourth-order valence-corrected chi connectivity index (χ4v) is 7.57. The summed E-state index contributed by atoms with van der Waals surface area (Å²) in [4.78, 5) is 23.3. The van der Waals surface area contributed by atoms with Gasteiger partial charge in [0.05, 0.1) is 0 Å². The molecule has 0 aromatic heterocycles. The van der Waals surface area contributed by atoms with E-state index in [0.717, 1.165) is 24.0 Å². The number of carbonyl (C=O) groups is 2. The van der Waals surface area contributed by atoms with Crippen molar-refractivity contribution in [2.75, 3.05) is 0 Å². The molecule has 0 amide bonds. The van der Waals surface area contributed by atoms with Crippen LogP contribution >= 0.6 is 0 Å². The molecule has 0 aromatic rings. The number of esters is 2. The Hall–Kier alpha value is -2.32. The minimum absolute atomic E-state index is 0.277. The lowest BCUT2D eigenvalue weighted by Gasteiger charge is -2.45. The summed E-state index contributed by atoms with van der Waals surface area (Å²) in [5.41, 5.74) is 2.97. The lowest BCUT2D eigenvalue weighted by molar-refractivity contribution is -0.152. The number of aliphatic hydroxyl groups is 1. The zero-order valence-corrected chi connectivity index (χ0v) is 23.3. The van der Waals surface area contributed by atoms with E-state index in [1.165, 1.54) is 57.9 Å². The third kappa shape index (κ3) is 6.23. The molecule has 0 aromatic carbocycles. The predicted octanol–water partition coefficient (Wildman–Crippen LogP) is 6.21. The number of carbonyl (C=O) groups excluding carboxylic acids is 2. The molecular formula is C32H44O5. The minimum Gasteiger partial charge on any atom is -0.462 e. The van der Waals surface area contributed by atoms with Gasteiger partial charge in [0.1, 0.15) is 17.8 Å². The summed E-state index contributed by atoms with van der Waals surface area (Å²) in [6, 6.07) is 0. The van der Waals surface area contributed by atoms with Crippen molar-refractivity contribution in [3.05, 3.63) is 35.5 Å². The van der Waals surface area contributed by atoms with Crippen LogP contribution in [-0.4, -0.2) is 34.9 Å². The van der Waals surface area contributed by atoms with Crippen LogP contribution in [0.1, 0.15) is 98.8 Å². The van der Waals surface area contributed by atoms with Crippen LogP contribution in [0.2, 0.25) is 0 Å². The molecule has 0 bridgehead atoms. The van der Waals surface area contributed by atoms with Gasteiger partial charge < -0.3 is 14.6 Å². The second kappa shape index (κ2) is 10.4. The topological polar surface area (TPSA) is 72.8 Å². The van der Waals surface area contributed by atoms with Gasteiger partial charge >= 0.3 is 11.9 Å². The highest BCUT2D eigenvalue weighted by atomic mass is 16.6. The van der Waals surface area contributed by atoms with Gasteiger partial charge in [-0.3, -0.25) is 9.59 Å². The third-order valence-corrected chi connectivity index (χ3v) is 9.30. The second-order valence-corrected chi connectivity index (χ2v) is 12.7. The molecule has 3 unspecified atom stereocenters. The van der Waals surface area contributed by atoms with Crippen molar-refractivity contribution in [2.45, 2.75) is 117 Å². The largest absolute Gasteiger partial charge is 0.462 e. The Kier molecular flexibility index (Phi) is 7.82. The molecule has 0 saturated heterocycles. The zero-order valence-electron chi connectivity index (χ0n) is 23.3. The number of ether oxygens (including phenoxy) is 2. The Labute approximate surface area is 222 Å². The molecule has 202 valence electrons. The first kappa shape index (κ1) is 27.7. The Bertz CT molecular complexity index is 1060. The van der Waals surface area contributed by atoms with Crippen LogP contribution in [0.5, 0.6) is 0 Å². The van der Waals surface area contributed by atoms with E-state index in [1.54, 1.807) is 13.8 Å². The second-order valence-electron chi connectivity index (χ2n) is 12.7. The normalized spacial score (nSPS) is 34.9. The first-order valence-electron chi connectivity index (χ1n) is 14.0. The Balaban J connectivity index is 1.54. The summed E-state index contributed by atoms with van der Waals surface area (Å²) < 4.78 is 11.0. The van der Waals surface area contributed by atoms with Gasteiger partial charge in [0.25, 0.3) is 0 Å². The molecule has 4 fully saturated rings. The number of allylic oxidation sites excluding steroid dienone is 3. The maximum absolute atomic E-state index is 11.7. The van der Waals surface area contributed by atoms with E-state index in [2.05, 4.69) is 37.5 Å². The fourth-order valence-electron chi connectivity index (χ4n) is 7.57. The molecule has 0 heterocycles. The lowest BCUT2D eigenvalue weighted by atomic mass is 9.59. The van der Waals surface area contributed by atoms with E-state index in [0.29, 0.717) is 30.1 Å². The van der Waals surface area contributed by atoms with Gasteiger partial charge in [-0.25, -0.2) is 0 Å².